The number of rotatable bonds is 10. The van der Waals surface area contributed by atoms with Crippen LogP contribution in [0.25, 0.3) is 5.65 Å². The number of fused-ring (bicyclic) bond motifs is 1. The maximum atomic E-state index is 14.0. The van der Waals surface area contributed by atoms with Crippen LogP contribution in [-0.4, -0.2) is 48.8 Å². The lowest BCUT2D eigenvalue weighted by Gasteiger charge is -2.33. The molecule has 236 valence electrons. The topological polar surface area (TPSA) is 127 Å². The summed E-state index contributed by atoms with van der Waals surface area (Å²) in [6, 6.07) is 0.487. The predicted octanol–water partition coefficient (Wildman–Crippen LogP) is 5.59. The fourth-order valence-corrected chi connectivity index (χ4v) is 6.39. The highest BCUT2D eigenvalue weighted by atomic mass is 19.4. The molecule has 10 nitrogen and oxygen atoms in total. The van der Waals surface area contributed by atoms with E-state index in [2.05, 4.69) is 26.0 Å². The summed E-state index contributed by atoms with van der Waals surface area (Å²) in [5.41, 5.74) is 0.0557. The molecule has 0 unspecified atom stereocenters. The molecule has 2 atom stereocenters. The molecule has 3 aromatic rings. The van der Waals surface area contributed by atoms with Crippen molar-refractivity contribution in [3.8, 4) is 0 Å². The van der Waals surface area contributed by atoms with Crippen LogP contribution >= 0.6 is 0 Å². The summed E-state index contributed by atoms with van der Waals surface area (Å²) in [7, 11) is 0. The molecule has 3 aromatic heterocycles. The van der Waals surface area contributed by atoms with E-state index in [-0.39, 0.29) is 62.0 Å². The first kappa shape index (κ1) is 29.1. The molecule has 4 saturated carbocycles. The number of halogens is 5. The number of carbonyl (C=O) groups excluding carboxylic acids is 2. The fourth-order valence-electron chi connectivity index (χ4n) is 6.39. The Morgan fingerprint density at radius 3 is 2.32 bits per heavy atom. The second-order valence-corrected chi connectivity index (χ2v) is 13.0. The van der Waals surface area contributed by atoms with Crippen LogP contribution in [0, 0.1) is 17.3 Å². The van der Waals surface area contributed by atoms with Gasteiger partial charge in [0.1, 0.15) is 5.69 Å². The summed E-state index contributed by atoms with van der Waals surface area (Å²) in [5.74, 6) is -4.08. The van der Waals surface area contributed by atoms with Crippen molar-refractivity contribution >= 4 is 17.5 Å². The summed E-state index contributed by atoms with van der Waals surface area (Å²) in [6.07, 6.45) is 1.18. The van der Waals surface area contributed by atoms with Crippen LogP contribution in [-0.2, 0) is 4.79 Å². The Morgan fingerprint density at radius 1 is 0.977 bits per heavy atom. The monoisotopic (exact) mass is 621 g/mol. The first-order valence-corrected chi connectivity index (χ1v) is 15.1. The maximum absolute atomic E-state index is 14.0. The number of hydrogen-bond donors (Lipinski definition) is 2. The van der Waals surface area contributed by atoms with Gasteiger partial charge in [-0.2, -0.15) is 18.3 Å². The van der Waals surface area contributed by atoms with Gasteiger partial charge in [-0.1, -0.05) is 5.16 Å². The van der Waals surface area contributed by atoms with E-state index >= 15 is 0 Å². The van der Waals surface area contributed by atoms with Gasteiger partial charge in [0, 0.05) is 25.2 Å². The second-order valence-electron chi connectivity index (χ2n) is 13.0. The highest BCUT2D eigenvalue weighted by molar-refractivity contribution is 5.93. The van der Waals surface area contributed by atoms with E-state index in [4.69, 9.17) is 9.61 Å². The first-order valence-electron chi connectivity index (χ1n) is 15.1. The molecule has 2 amide bonds. The molecule has 0 saturated heterocycles. The Bertz CT molecular complexity index is 1560. The van der Waals surface area contributed by atoms with E-state index in [9.17, 15) is 31.5 Å². The van der Waals surface area contributed by atoms with Crippen molar-refractivity contribution in [1.82, 2.24) is 35.5 Å². The van der Waals surface area contributed by atoms with Gasteiger partial charge in [-0.3, -0.25) is 9.59 Å². The zero-order chi connectivity index (χ0) is 30.9. The zero-order valence-electron chi connectivity index (χ0n) is 23.7. The zero-order valence-corrected chi connectivity index (χ0v) is 23.7. The molecular formula is C29H32F5N7O3. The van der Waals surface area contributed by atoms with Crippen molar-refractivity contribution < 1.29 is 36.2 Å². The summed E-state index contributed by atoms with van der Waals surface area (Å²) in [4.78, 5) is 30.8. The lowest BCUT2D eigenvalue weighted by Crippen LogP contribution is -2.37. The van der Waals surface area contributed by atoms with Gasteiger partial charge in [-0.15, -0.1) is 0 Å². The molecule has 44 heavy (non-hydrogen) atoms. The molecule has 7 rings (SSSR count). The normalized spacial score (nSPS) is 22.8. The minimum absolute atomic E-state index is 0.0478. The molecule has 0 bridgehead atoms. The highest BCUT2D eigenvalue weighted by Crippen LogP contribution is 2.60. The van der Waals surface area contributed by atoms with Crippen LogP contribution in [0.15, 0.2) is 23.1 Å². The summed E-state index contributed by atoms with van der Waals surface area (Å²) < 4.78 is 74.8. The van der Waals surface area contributed by atoms with E-state index < -0.39 is 47.8 Å². The fraction of sp³-hybridized carbons (Fsp3) is 0.655. The third kappa shape index (κ3) is 5.76. The summed E-state index contributed by atoms with van der Waals surface area (Å²) in [5, 5.41) is 17.9. The van der Waals surface area contributed by atoms with Crippen molar-refractivity contribution in [2.75, 3.05) is 0 Å². The average molecular weight is 622 g/mol. The van der Waals surface area contributed by atoms with E-state index in [0.29, 0.717) is 22.6 Å². The molecule has 0 aliphatic heterocycles. The number of carbonyl (C=O) groups is 2. The van der Waals surface area contributed by atoms with Gasteiger partial charge in [0.05, 0.1) is 35.6 Å². The second kappa shape index (κ2) is 10.5. The highest BCUT2D eigenvalue weighted by Gasteiger charge is 2.63. The molecule has 0 aromatic carbocycles. The summed E-state index contributed by atoms with van der Waals surface area (Å²) >= 11 is 0. The van der Waals surface area contributed by atoms with Gasteiger partial charge in [0.15, 0.2) is 11.3 Å². The molecule has 4 fully saturated rings. The summed E-state index contributed by atoms with van der Waals surface area (Å²) in [6.45, 7) is 0. The minimum Gasteiger partial charge on any atom is -0.349 e. The molecule has 4 aliphatic rings. The first-order chi connectivity index (χ1) is 20.9. The van der Waals surface area contributed by atoms with Crippen molar-refractivity contribution in [3.63, 3.8) is 0 Å². The number of alkyl halides is 5. The average Bonchev–Trinajstić information content (AvgIpc) is 3.90. The third-order valence-electron chi connectivity index (χ3n) is 9.61. The third-order valence-corrected chi connectivity index (χ3v) is 9.61. The van der Waals surface area contributed by atoms with Crippen LogP contribution < -0.4 is 10.6 Å². The SMILES string of the molecule is O=C(CC1(C(F)(F)F)CC1)N[C@@H](c1cnn2cc([C@@H](NC(=O)c3nonc3C3CC3)C3CCC(F)(F)CC3)nc2c1)C1CC1. The number of amides is 2. The van der Waals surface area contributed by atoms with Crippen molar-refractivity contribution in [2.24, 2.45) is 17.3 Å². The Labute approximate surface area is 248 Å². The standard InChI is InChI=1S/C29H32F5N7O3/c30-28(31)7-5-17(6-8-28)23(38-26(43)25-24(16-3-4-16)39-44-40-25)19-14-41-20(36-19)11-18(13-35-41)22(15-1-2-15)37-21(42)12-27(9-10-27)29(32,33)34/h11,13-17,22-23H,1-10,12H2,(H,37,42)(H,38,43)/t22-,23+/m1/s1. The van der Waals surface area contributed by atoms with Gasteiger partial charge in [0.2, 0.25) is 11.8 Å². The van der Waals surface area contributed by atoms with Gasteiger partial charge in [-0.25, -0.2) is 22.9 Å². The van der Waals surface area contributed by atoms with Gasteiger partial charge in [-0.05, 0) is 80.0 Å². The van der Waals surface area contributed by atoms with Crippen LogP contribution in [0.3, 0.4) is 0 Å². The molecule has 3 heterocycles. The largest absolute Gasteiger partial charge is 0.395 e. The van der Waals surface area contributed by atoms with Crippen molar-refractivity contribution in [2.45, 2.75) is 101 Å². The molecule has 4 aliphatic carbocycles. The van der Waals surface area contributed by atoms with Gasteiger partial charge < -0.3 is 10.6 Å². The minimum atomic E-state index is -4.42. The lowest BCUT2D eigenvalue weighted by atomic mass is 9.81. The van der Waals surface area contributed by atoms with Crippen molar-refractivity contribution in [3.05, 3.63) is 41.1 Å². The quantitative estimate of drug-likeness (QED) is 0.283. The van der Waals surface area contributed by atoms with Crippen molar-refractivity contribution in [1.29, 1.82) is 0 Å². The van der Waals surface area contributed by atoms with Crippen LogP contribution in [0.5, 0.6) is 0 Å². The van der Waals surface area contributed by atoms with E-state index in [0.717, 1.165) is 25.7 Å². The number of imidazole rings is 1. The Kier molecular flexibility index (Phi) is 6.92. The Balaban J connectivity index is 1.13. The number of hydrogen-bond acceptors (Lipinski definition) is 7. The smallest absolute Gasteiger partial charge is 0.349 e. The van der Waals surface area contributed by atoms with Gasteiger partial charge in [0.25, 0.3) is 5.91 Å². The molecule has 0 spiro atoms. The molecule has 15 heteroatoms. The molecular weight excluding hydrogens is 589 g/mol. The number of nitrogens with one attached hydrogen (secondary N) is 2. The predicted molar refractivity (Wildman–Crippen MR) is 142 cm³/mol. The Hall–Kier alpha value is -3.65. The van der Waals surface area contributed by atoms with Gasteiger partial charge >= 0.3 is 6.18 Å². The Morgan fingerprint density at radius 2 is 1.68 bits per heavy atom. The number of nitrogens with zero attached hydrogens (tertiary/aromatic N) is 5. The van der Waals surface area contributed by atoms with E-state index in [1.807, 2.05) is 0 Å². The lowest BCUT2D eigenvalue weighted by molar-refractivity contribution is -0.190. The van der Waals surface area contributed by atoms with Crippen LogP contribution in [0.4, 0.5) is 22.0 Å². The number of aromatic nitrogens is 5. The van der Waals surface area contributed by atoms with Crippen LogP contribution in [0.2, 0.25) is 0 Å². The van der Waals surface area contributed by atoms with E-state index in [1.165, 1.54) is 4.52 Å². The molecule has 0 radical (unpaired) electrons. The van der Waals surface area contributed by atoms with Crippen LogP contribution in [0.1, 0.15) is 116 Å². The molecule has 2 N–H and O–H groups in total. The maximum Gasteiger partial charge on any atom is 0.395 e. The van der Waals surface area contributed by atoms with E-state index in [1.54, 1.807) is 18.5 Å².